The van der Waals surface area contributed by atoms with Crippen molar-refractivity contribution in [3.63, 3.8) is 0 Å². The Kier molecular flexibility index (Phi) is 4.49. The second-order valence-electron chi connectivity index (χ2n) is 3.74. The van der Waals surface area contributed by atoms with E-state index in [1.54, 1.807) is 36.4 Å². The van der Waals surface area contributed by atoms with E-state index in [2.05, 4.69) is 4.84 Å². The van der Waals surface area contributed by atoms with Crippen LogP contribution in [0.25, 0.3) is 0 Å². The van der Waals surface area contributed by atoms with Crippen LogP contribution in [0.3, 0.4) is 0 Å². The van der Waals surface area contributed by atoms with Gasteiger partial charge in [0, 0.05) is 17.3 Å². The van der Waals surface area contributed by atoms with Gasteiger partial charge in [0.1, 0.15) is 0 Å². The van der Waals surface area contributed by atoms with Crippen molar-refractivity contribution in [1.82, 2.24) is 4.84 Å². The third kappa shape index (κ3) is 3.10. The molecule has 5 heteroatoms. The molecular formula is C14H11ClN2OS. The van der Waals surface area contributed by atoms with Crippen molar-refractivity contribution < 1.29 is 4.79 Å². The molecule has 0 saturated carbocycles. The fraction of sp³-hybridized carbons (Fsp3) is 0. The topological polar surface area (TPSA) is 32.3 Å². The highest BCUT2D eigenvalue weighted by Crippen LogP contribution is 2.17. The highest BCUT2D eigenvalue weighted by atomic mass is 35.5. The summed E-state index contributed by atoms with van der Waals surface area (Å²) in [5.74, 6) is -0.232. The average molecular weight is 291 g/mol. The number of thiocarbonyl (C=S) groups is 1. The summed E-state index contributed by atoms with van der Waals surface area (Å²) < 4.78 is 0. The van der Waals surface area contributed by atoms with E-state index in [1.165, 1.54) is 4.90 Å². The summed E-state index contributed by atoms with van der Waals surface area (Å²) in [6.45, 7) is 0. The first-order valence-corrected chi connectivity index (χ1v) is 6.38. The van der Waals surface area contributed by atoms with Crippen LogP contribution >= 0.6 is 24.0 Å². The molecule has 1 amide bonds. The minimum Gasteiger partial charge on any atom is -0.274 e. The van der Waals surface area contributed by atoms with Gasteiger partial charge >= 0.3 is 0 Å². The third-order valence-electron chi connectivity index (χ3n) is 2.52. The summed E-state index contributed by atoms with van der Waals surface area (Å²) in [4.78, 5) is 16.2. The van der Waals surface area contributed by atoms with Gasteiger partial charge in [0.05, 0.1) is 5.69 Å². The van der Waals surface area contributed by atoms with Crippen LogP contribution in [0, 0.1) is 0 Å². The standard InChI is InChI=1S/C14H11ClN2OS/c15-16-14(19)17(12-9-5-2-6-10-12)13(18)11-7-3-1-4-8-11/h1-10H,(H,16,19). The van der Waals surface area contributed by atoms with Gasteiger partial charge in [-0.15, -0.1) is 0 Å². The Morgan fingerprint density at radius 2 is 1.53 bits per heavy atom. The number of anilines is 1. The monoisotopic (exact) mass is 290 g/mol. The molecule has 1 N–H and O–H groups in total. The van der Waals surface area contributed by atoms with Crippen LogP contribution < -0.4 is 9.74 Å². The summed E-state index contributed by atoms with van der Waals surface area (Å²) in [6.07, 6.45) is 0. The zero-order valence-corrected chi connectivity index (χ0v) is 11.5. The van der Waals surface area contributed by atoms with Crippen LogP contribution in [0.2, 0.25) is 0 Å². The van der Waals surface area contributed by atoms with Gasteiger partial charge in [-0.2, -0.15) is 0 Å². The molecule has 0 saturated heterocycles. The van der Waals surface area contributed by atoms with Crippen molar-refractivity contribution >= 4 is 40.7 Å². The Morgan fingerprint density at radius 1 is 1.00 bits per heavy atom. The summed E-state index contributed by atoms with van der Waals surface area (Å²) in [5.41, 5.74) is 1.20. The largest absolute Gasteiger partial charge is 0.274 e. The predicted molar refractivity (Wildman–Crippen MR) is 81.3 cm³/mol. The lowest BCUT2D eigenvalue weighted by atomic mass is 10.2. The van der Waals surface area contributed by atoms with E-state index in [0.717, 1.165) is 0 Å². The lowest BCUT2D eigenvalue weighted by molar-refractivity contribution is 0.100. The lowest BCUT2D eigenvalue weighted by Gasteiger charge is -2.22. The Morgan fingerprint density at radius 3 is 2.05 bits per heavy atom. The second-order valence-corrected chi connectivity index (χ2v) is 4.32. The maximum absolute atomic E-state index is 12.5. The van der Waals surface area contributed by atoms with Gasteiger partial charge in [0.15, 0.2) is 5.11 Å². The quantitative estimate of drug-likeness (QED) is 0.680. The van der Waals surface area contributed by atoms with Gasteiger partial charge in [-0.1, -0.05) is 36.4 Å². The first-order valence-electron chi connectivity index (χ1n) is 5.59. The summed E-state index contributed by atoms with van der Waals surface area (Å²) >= 11 is 10.6. The Hall–Kier alpha value is -1.91. The van der Waals surface area contributed by atoms with Gasteiger partial charge in [-0.05, 0) is 36.5 Å². The molecule has 0 aliphatic rings. The van der Waals surface area contributed by atoms with E-state index >= 15 is 0 Å². The molecule has 19 heavy (non-hydrogen) atoms. The molecule has 2 rings (SSSR count). The van der Waals surface area contributed by atoms with Gasteiger partial charge in [0.25, 0.3) is 5.91 Å². The molecule has 96 valence electrons. The zero-order valence-electron chi connectivity index (χ0n) is 9.92. The number of carbonyl (C=O) groups is 1. The van der Waals surface area contributed by atoms with E-state index in [4.69, 9.17) is 24.0 Å². The molecule has 0 aliphatic heterocycles. The van der Waals surface area contributed by atoms with E-state index in [-0.39, 0.29) is 11.0 Å². The maximum Gasteiger partial charge on any atom is 0.264 e. The highest BCUT2D eigenvalue weighted by molar-refractivity contribution is 7.80. The molecule has 0 atom stereocenters. The fourth-order valence-electron chi connectivity index (χ4n) is 1.66. The molecule has 0 aromatic heterocycles. The SMILES string of the molecule is O=C(c1ccccc1)N(C(=S)NCl)c1ccccc1. The Labute approximate surface area is 121 Å². The van der Waals surface area contributed by atoms with Crippen LogP contribution in [0.5, 0.6) is 0 Å². The predicted octanol–water partition coefficient (Wildman–Crippen LogP) is 3.36. The molecule has 0 radical (unpaired) electrons. The summed E-state index contributed by atoms with van der Waals surface area (Å²) in [6, 6.07) is 18.0. The van der Waals surface area contributed by atoms with Crippen LogP contribution in [0.4, 0.5) is 5.69 Å². The number of carbonyl (C=O) groups excluding carboxylic acids is 1. The molecule has 0 fully saturated rings. The Bertz CT molecular complexity index is 575. The minimum absolute atomic E-state index is 0.140. The van der Waals surface area contributed by atoms with E-state index in [9.17, 15) is 4.79 Å². The van der Waals surface area contributed by atoms with Crippen LogP contribution in [0.1, 0.15) is 10.4 Å². The van der Waals surface area contributed by atoms with Crippen molar-refractivity contribution in [3.8, 4) is 0 Å². The normalized spacial score (nSPS) is 9.74. The van der Waals surface area contributed by atoms with Crippen LogP contribution in [-0.2, 0) is 0 Å². The molecule has 0 heterocycles. The molecule has 0 bridgehead atoms. The molecule has 2 aromatic carbocycles. The van der Waals surface area contributed by atoms with E-state index in [0.29, 0.717) is 11.3 Å². The molecule has 3 nitrogen and oxygen atoms in total. The molecular weight excluding hydrogens is 280 g/mol. The van der Waals surface area contributed by atoms with E-state index < -0.39 is 0 Å². The van der Waals surface area contributed by atoms with Crippen molar-refractivity contribution in [2.75, 3.05) is 4.90 Å². The lowest BCUT2D eigenvalue weighted by Crippen LogP contribution is -2.40. The number of benzene rings is 2. The van der Waals surface area contributed by atoms with Crippen molar-refractivity contribution in [2.45, 2.75) is 0 Å². The number of para-hydroxylation sites is 1. The zero-order chi connectivity index (χ0) is 13.7. The maximum atomic E-state index is 12.5. The first kappa shape index (κ1) is 13.5. The van der Waals surface area contributed by atoms with Crippen molar-refractivity contribution in [3.05, 3.63) is 66.2 Å². The number of hydrogen-bond donors (Lipinski definition) is 1. The highest BCUT2D eigenvalue weighted by Gasteiger charge is 2.21. The van der Waals surface area contributed by atoms with Gasteiger partial charge < -0.3 is 0 Å². The molecule has 0 aliphatic carbocycles. The van der Waals surface area contributed by atoms with E-state index in [1.807, 2.05) is 24.3 Å². The second kappa shape index (κ2) is 6.31. The fourth-order valence-corrected chi connectivity index (χ4v) is 1.93. The van der Waals surface area contributed by atoms with Gasteiger partial charge in [0.2, 0.25) is 0 Å². The van der Waals surface area contributed by atoms with Crippen molar-refractivity contribution in [2.24, 2.45) is 0 Å². The number of halogens is 1. The molecule has 0 spiro atoms. The minimum atomic E-state index is -0.232. The number of amides is 1. The number of hydrogen-bond acceptors (Lipinski definition) is 2. The average Bonchev–Trinajstić information content (AvgIpc) is 2.49. The van der Waals surface area contributed by atoms with Crippen LogP contribution in [0.15, 0.2) is 60.7 Å². The third-order valence-corrected chi connectivity index (χ3v) is 3.10. The smallest absolute Gasteiger partial charge is 0.264 e. The molecule has 2 aromatic rings. The van der Waals surface area contributed by atoms with Gasteiger partial charge in [-0.3, -0.25) is 14.5 Å². The Balaban J connectivity index is 2.40. The summed E-state index contributed by atoms with van der Waals surface area (Å²) in [5, 5.41) is 0.140. The van der Waals surface area contributed by atoms with Crippen LogP contribution in [-0.4, -0.2) is 11.0 Å². The number of nitrogens with one attached hydrogen (secondary N) is 1. The number of nitrogens with zero attached hydrogens (tertiary/aromatic N) is 1. The number of rotatable bonds is 2. The molecule has 0 unspecified atom stereocenters. The first-order chi connectivity index (χ1) is 9.24. The summed E-state index contributed by atoms with van der Waals surface area (Å²) in [7, 11) is 0. The van der Waals surface area contributed by atoms with Gasteiger partial charge in [-0.25, -0.2) is 0 Å². The van der Waals surface area contributed by atoms with Crippen molar-refractivity contribution in [1.29, 1.82) is 0 Å².